The van der Waals surface area contributed by atoms with Crippen LogP contribution in [0.2, 0.25) is 0 Å². The Bertz CT molecular complexity index is 681. The molecule has 0 radical (unpaired) electrons. The molecule has 0 atom stereocenters. The molecule has 6 nitrogen and oxygen atoms in total. The smallest absolute Gasteiger partial charge is 0.320 e. The van der Waals surface area contributed by atoms with Crippen LogP contribution in [0.3, 0.4) is 0 Å². The predicted molar refractivity (Wildman–Crippen MR) is 101 cm³/mol. The van der Waals surface area contributed by atoms with Gasteiger partial charge in [0.15, 0.2) is 0 Å². The summed E-state index contributed by atoms with van der Waals surface area (Å²) in [5.74, 6) is 0. The van der Waals surface area contributed by atoms with E-state index in [1.165, 1.54) is 0 Å². The molecule has 4 N–H and O–H groups in total. The van der Waals surface area contributed by atoms with Crippen molar-refractivity contribution in [1.29, 1.82) is 0 Å². The number of urea groups is 2. The molecule has 2 aromatic carbocycles. The van der Waals surface area contributed by atoms with Gasteiger partial charge in [0, 0.05) is 11.4 Å². The number of anilines is 2. The van der Waals surface area contributed by atoms with Gasteiger partial charge in [-0.15, -0.1) is 0 Å². The largest absolute Gasteiger partial charge is 0.320 e. The summed E-state index contributed by atoms with van der Waals surface area (Å²) in [6, 6.07) is 10.8. The Balaban J connectivity index is 1.77. The molecule has 6 heteroatoms. The first kappa shape index (κ1) is 18.3. The number of carbonyl (C=O) groups excluding carboxylic acids is 2. The maximum Gasteiger partial charge on any atom is 0.320 e. The molecule has 0 saturated carbocycles. The molecule has 0 aliphatic rings. The van der Waals surface area contributed by atoms with Gasteiger partial charge < -0.3 is 21.3 Å². The van der Waals surface area contributed by atoms with Crippen LogP contribution < -0.4 is 21.3 Å². The summed E-state index contributed by atoms with van der Waals surface area (Å²) in [6.45, 7) is 7.89. The Morgan fingerprint density at radius 3 is 1.28 bits per heavy atom. The van der Waals surface area contributed by atoms with Crippen molar-refractivity contribution >= 4 is 23.4 Å². The zero-order chi connectivity index (χ0) is 18.4. The minimum atomic E-state index is -0.378. The summed E-state index contributed by atoms with van der Waals surface area (Å²) >= 11 is 0. The summed E-state index contributed by atoms with van der Waals surface area (Å²) in [5, 5.41) is 10.7. The fraction of sp³-hybridized carbons (Fsp3) is 0.263. The fourth-order valence-corrected chi connectivity index (χ4v) is 2.65. The normalized spacial score (nSPS) is 10.1. The molecule has 2 aromatic rings. The van der Waals surface area contributed by atoms with E-state index >= 15 is 0 Å². The lowest BCUT2D eigenvalue weighted by molar-refractivity contribution is 0.246. The molecule has 0 unspecified atom stereocenters. The second-order valence-electron chi connectivity index (χ2n) is 6.19. The molecule has 0 bridgehead atoms. The number of amides is 4. The zero-order valence-electron chi connectivity index (χ0n) is 15.0. The summed E-state index contributed by atoms with van der Waals surface area (Å²) < 4.78 is 0. The monoisotopic (exact) mass is 340 g/mol. The molecule has 25 heavy (non-hydrogen) atoms. The Hall–Kier alpha value is -3.02. The lowest BCUT2D eigenvalue weighted by Gasteiger charge is -2.11. The van der Waals surface area contributed by atoms with E-state index in [9.17, 15) is 9.59 Å². The molecular formula is C19H24N4O2. The van der Waals surface area contributed by atoms with Crippen LogP contribution in [0, 0.1) is 27.7 Å². The lowest BCUT2D eigenvalue weighted by atomic mass is 10.1. The number of rotatable bonds is 4. The van der Waals surface area contributed by atoms with Crippen LogP contribution in [0.25, 0.3) is 0 Å². The van der Waals surface area contributed by atoms with E-state index < -0.39 is 0 Å². The third-order valence-electron chi connectivity index (χ3n) is 3.46. The number of aryl methyl sites for hydroxylation is 4. The van der Waals surface area contributed by atoms with Crippen LogP contribution in [-0.4, -0.2) is 18.7 Å². The topological polar surface area (TPSA) is 82.3 Å². The van der Waals surface area contributed by atoms with Crippen molar-refractivity contribution in [2.24, 2.45) is 0 Å². The van der Waals surface area contributed by atoms with Crippen molar-refractivity contribution in [2.45, 2.75) is 27.7 Å². The minimum absolute atomic E-state index is 0.0211. The fourth-order valence-electron chi connectivity index (χ4n) is 2.65. The lowest BCUT2D eigenvalue weighted by Crippen LogP contribution is -2.41. The summed E-state index contributed by atoms with van der Waals surface area (Å²) in [5.41, 5.74) is 5.72. The van der Waals surface area contributed by atoms with E-state index in [-0.39, 0.29) is 18.7 Å². The van der Waals surface area contributed by atoms with E-state index in [1.54, 1.807) is 0 Å². The van der Waals surface area contributed by atoms with Gasteiger partial charge in [-0.05, 0) is 74.2 Å². The Labute approximate surface area is 148 Å². The highest BCUT2D eigenvalue weighted by atomic mass is 16.2. The van der Waals surface area contributed by atoms with Crippen molar-refractivity contribution in [3.05, 3.63) is 58.7 Å². The molecule has 0 heterocycles. The zero-order valence-corrected chi connectivity index (χ0v) is 15.0. The number of carbonyl (C=O) groups is 2. The van der Waals surface area contributed by atoms with E-state index in [0.29, 0.717) is 0 Å². The first-order valence-corrected chi connectivity index (χ1v) is 8.08. The van der Waals surface area contributed by atoms with Gasteiger partial charge in [0.1, 0.15) is 0 Å². The Kier molecular flexibility index (Phi) is 6.00. The standard InChI is InChI=1S/C19H24N4O2/c1-12-5-13(2)8-16(7-12)22-18(24)20-11-21-19(25)23-17-9-14(3)6-15(4)10-17/h5-10H,11H2,1-4H3,(H2,20,22,24)(H2,21,23,25). The number of nitrogens with one attached hydrogen (secondary N) is 4. The molecule has 132 valence electrons. The summed E-state index contributed by atoms with van der Waals surface area (Å²) in [7, 11) is 0. The Morgan fingerprint density at radius 2 is 0.960 bits per heavy atom. The van der Waals surface area contributed by atoms with Crippen LogP contribution >= 0.6 is 0 Å². The summed E-state index contributed by atoms with van der Waals surface area (Å²) in [4.78, 5) is 23.7. The average molecular weight is 340 g/mol. The SMILES string of the molecule is Cc1cc(C)cc(NC(=O)NCNC(=O)Nc2cc(C)cc(C)c2)c1. The summed E-state index contributed by atoms with van der Waals surface area (Å²) in [6.07, 6.45) is 0. The van der Waals surface area contributed by atoms with Crippen LogP contribution in [0.15, 0.2) is 36.4 Å². The van der Waals surface area contributed by atoms with Crippen molar-refractivity contribution in [3.63, 3.8) is 0 Å². The van der Waals surface area contributed by atoms with Crippen molar-refractivity contribution in [3.8, 4) is 0 Å². The third kappa shape index (κ3) is 6.18. The van der Waals surface area contributed by atoms with Crippen molar-refractivity contribution < 1.29 is 9.59 Å². The molecule has 0 aromatic heterocycles. The van der Waals surface area contributed by atoms with Gasteiger partial charge in [-0.25, -0.2) is 9.59 Å². The van der Waals surface area contributed by atoms with Crippen molar-refractivity contribution in [1.82, 2.24) is 10.6 Å². The first-order chi connectivity index (χ1) is 11.8. The van der Waals surface area contributed by atoms with E-state index in [2.05, 4.69) is 21.3 Å². The van der Waals surface area contributed by atoms with Gasteiger partial charge >= 0.3 is 12.1 Å². The van der Waals surface area contributed by atoms with Crippen LogP contribution in [0.1, 0.15) is 22.3 Å². The quantitative estimate of drug-likeness (QED) is 0.638. The highest BCUT2D eigenvalue weighted by Crippen LogP contribution is 2.14. The molecule has 2 rings (SSSR count). The van der Waals surface area contributed by atoms with E-state index in [0.717, 1.165) is 33.6 Å². The molecular weight excluding hydrogens is 316 g/mol. The highest BCUT2D eigenvalue weighted by molar-refractivity contribution is 5.91. The molecule has 0 spiro atoms. The number of benzene rings is 2. The van der Waals surface area contributed by atoms with Crippen LogP contribution in [0.5, 0.6) is 0 Å². The highest BCUT2D eigenvalue weighted by Gasteiger charge is 2.05. The van der Waals surface area contributed by atoms with E-state index in [1.807, 2.05) is 64.1 Å². The molecule has 0 fully saturated rings. The molecule has 0 aliphatic carbocycles. The molecule has 0 saturated heterocycles. The predicted octanol–water partition coefficient (Wildman–Crippen LogP) is 3.82. The van der Waals surface area contributed by atoms with Crippen molar-refractivity contribution in [2.75, 3.05) is 17.3 Å². The van der Waals surface area contributed by atoms with Gasteiger partial charge in [0.05, 0.1) is 6.67 Å². The maximum absolute atomic E-state index is 11.9. The molecule has 0 aliphatic heterocycles. The number of hydrogen-bond acceptors (Lipinski definition) is 2. The minimum Gasteiger partial charge on any atom is -0.320 e. The maximum atomic E-state index is 11.9. The second kappa shape index (κ2) is 8.19. The first-order valence-electron chi connectivity index (χ1n) is 8.08. The number of hydrogen-bond donors (Lipinski definition) is 4. The Morgan fingerprint density at radius 1 is 0.640 bits per heavy atom. The van der Waals surface area contributed by atoms with Gasteiger partial charge in [0.2, 0.25) is 0 Å². The van der Waals surface area contributed by atoms with Gasteiger partial charge in [-0.2, -0.15) is 0 Å². The van der Waals surface area contributed by atoms with Crippen LogP contribution in [0.4, 0.5) is 21.0 Å². The van der Waals surface area contributed by atoms with Gasteiger partial charge in [0.25, 0.3) is 0 Å². The average Bonchev–Trinajstić information content (AvgIpc) is 2.44. The van der Waals surface area contributed by atoms with Gasteiger partial charge in [-0.3, -0.25) is 0 Å². The van der Waals surface area contributed by atoms with Gasteiger partial charge in [-0.1, -0.05) is 12.1 Å². The third-order valence-corrected chi connectivity index (χ3v) is 3.46. The van der Waals surface area contributed by atoms with Crippen LogP contribution in [-0.2, 0) is 0 Å². The molecule has 4 amide bonds. The second-order valence-corrected chi connectivity index (χ2v) is 6.19. The van der Waals surface area contributed by atoms with E-state index in [4.69, 9.17) is 0 Å².